The molecule has 3 rings (SSSR count). The number of rotatable bonds is 5. The average Bonchev–Trinajstić information content (AvgIpc) is 3.12. The van der Waals surface area contributed by atoms with Gasteiger partial charge in [0.1, 0.15) is 5.82 Å². The summed E-state index contributed by atoms with van der Waals surface area (Å²) in [5.41, 5.74) is 0.749. The van der Waals surface area contributed by atoms with E-state index in [0.29, 0.717) is 6.42 Å². The number of allylic oxidation sites excluding steroid dienone is 1. The highest BCUT2D eigenvalue weighted by Gasteiger charge is 2.34. The fraction of sp³-hybridized carbons (Fsp3) is 0.238. The molecule has 140 valence electrons. The normalized spacial score (nSPS) is 19.5. The lowest BCUT2D eigenvalue weighted by Crippen LogP contribution is -2.34. The number of halogens is 2. The first-order valence-corrected chi connectivity index (χ1v) is 8.94. The molecule has 1 aliphatic rings. The van der Waals surface area contributed by atoms with Gasteiger partial charge in [-0.3, -0.25) is 9.59 Å². The highest BCUT2D eigenvalue weighted by atomic mass is 35.5. The van der Waals surface area contributed by atoms with Crippen LogP contribution in [0.15, 0.2) is 60.7 Å². The Labute approximate surface area is 162 Å². The van der Waals surface area contributed by atoms with E-state index < -0.39 is 17.6 Å². The van der Waals surface area contributed by atoms with E-state index >= 15 is 0 Å². The van der Waals surface area contributed by atoms with Crippen molar-refractivity contribution in [1.82, 2.24) is 5.32 Å². The topological polar surface area (TPSA) is 55.4 Å². The van der Waals surface area contributed by atoms with E-state index in [1.807, 2.05) is 42.5 Å². The number of ether oxygens (including phenoxy) is 1. The third kappa shape index (κ3) is 4.37. The molecule has 0 bridgehead atoms. The minimum Gasteiger partial charge on any atom is -0.469 e. The zero-order chi connectivity index (χ0) is 19.4. The summed E-state index contributed by atoms with van der Waals surface area (Å²) < 4.78 is 18.8. The number of amides is 1. The summed E-state index contributed by atoms with van der Waals surface area (Å²) in [4.78, 5) is 24.7. The molecular formula is C21H19ClFNO3. The second-order valence-corrected chi connectivity index (χ2v) is 6.84. The number of carbonyl (C=O) groups excluding carboxylic acids is 2. The fourth-order valence-electron chi connectivity index (χ4n) is 3.34. The van der Waals surface area contributed by atoms with Crippen molar-refractivity contribution in [2.24, 2.45) is 5.92 Å². The number of hydrogen-bond donors (Lipinski definition) is 1. The van der Waals surface area contributed by atoms with Crippen LogP contribution in [0.1, 0.15) is 28.3 Å². The highest BCUT2D eigenvalue weighted by molar-refractivity contribution is 6.31. The maximum Gasteiger partial charge on any atom is 0.313 e. The quantitative estimate of drug-likeness (QED) is 0.620. The molecule has 1 N–H and O–H groups in total. The van der Waals surface area contributed by atoms with Gasteiger partial charge in [-0.25, -0.2) is 4.39 Å². The van der Waals surface area contributed by atoms with Crippen LogP contribution in [0.4, 0.5) is 4.39 Å². The Kier molecular flexibility index (Phi) is 5.91. The van der Waals surface area contributed by atoms with Crippen LogP contribution in [0.3, 0.4) is 0 Å². The van der Waals surface area contributed by atoms with E-state index in [1.54, 1.807) is 0 Å². The van der Waals surface area contributed by atoms with Crippen LogP contribution in [-0.4, -0.2) is 25.0 Å². The number of nitrogens with one attached hydrogen (secondary N) is 1. The Morgan fingerprint density at radius 3 is 2.63 bits per heavy atom. The van der Waals surface area contributed by atoms with Crippen molar-refractivity contribution in [2.75, 3.05) is 7.11 Å². The van der Waals surface area contributed by atoms with Gasteiger partial charge in [-0.15, -0.1) is 0 Å². The second kappa shape index (κ2) is 8.35. The summed E-state index contributed by atoms with van der Waals surface area (Å²) in [6, 6.07) is 12.9. The molecule has 0 saturated carbocycles. The van der Waals surface area contributed by atoms with Gasteiger partial charge >= 0.3 is 5.97 Å². The van der Waals surface area contributed by atoms with E-state index in [1.165, 1.54) is 19.2 Å². The molecule has 0 aliphatic heterocycles. The summed E-state index contributed by atoms with van der Waals surface area (Å²) in [6.07, 6.45) is 4.24. The molecule has 1 aliphatic carbocycles. The van der Waals surface area contributed by atoms with E-state index in [-0.39, 0.29) is 28.5 Å². The van der Waals surface area contributed by atoms with Crippen LogP contribution >= 0.6 is 11.6 Å². The van der Waals surface area contributed by atoms with E-state index in [0.717, 1.165) is 11.6 Å². The molecule has 27 heavy (non-hydrogen) atoms. The first-order chi connectivity index (χ1) is 13.0. The van der Waals surface area contributed by atoms with Gasteiger partial charge in [0.15, 0.2) is 0 Å². The smallest absolute Gasteiger partial charge is 0.313 e. The Morgan fingerprint density at radius 1 is 1.19 bits per heavy atom. The molecule has 1 amide bonds. The Balaban J connectivity index is 1.72. The van der Waals surface area contributed by atoms with Crippen molar-refractivity contribution in [1.29, 1.82) is 0 Å². The molecule has 4 nitrogen and oxygen atoms in total. The van der Waals surface area contributed by atoms with Crippen LogP contribution in [0.2, 0.25) is 5.02 Å². The maximum absolute atomic E-state index is 13.9. The van der Waals surface area contributed by atoms with Crippen molar-refractivity contribution >= 4 is 23.5 Å². The number of carbonyl (C=O) groups is 2. The van der Waals surface area contributed by atoms with Crippen LogP contribution in [0.5, 0.6) is 0 Å². The van der Waals surface area contributed by atoms with Crippen molar-refractivity contribution < 1.29 is 18.7 Å². The molecule has 0 spiro atoms. The molecular weight excluding hydrogens is 369 g/mol. The molecule has 2 aromatic carbocycles. The van der Waals surface area contributed by atoms with Gasteiger partial charge in [0.2, 0.25) is 0 Å². The minimum absolute atomic E-state index is 0.105. The van der Waals surface area contributed by atoms with Crippen molar-refractivity contribution in [3.8, 4) is 0 Å². The Hall–Kier alpha value is -2.66. The first kappa shape index (κ1) is 19.1. The number of hydrogen-bond acceptors (Lipinski definition) is 3. The van der Waals surface area contributed by atoms with Crippen molar-refractivity contribution in [2.45, 2.75) is 18.4 Å². The van der Waals surface area contributed by atoms with Gasteiger partial charge in [-0.2, -0.15) is 0 Å². The van der Waals surface area contributed by atoms with Gasteiger partial charge in [0.25, 0.3) is 5.91 Å². The lowest BCUT2D eigenvalue weighted by Gasteiger charge is -2.22. The Morgan fingerprint density at radius 2 is 1.93 bits per heavy atom. The molecule has 2 aromatic rings. The summed E-state index contributed by atoms with van der Waals surface area (Å²) in [5, 5.41) is 3.07. The van der Waals surface area contributed by atoms with Gasteiger partial charge in [-0.1, -0.05) is 54.1 Å². The SMILES string of the molecule is COC(=O)C(c1ccccc1)C1C=CC(NC(=O)c2cc(Cl)ccc2F)C1. The molecule has 0 heterocycles. The minimum atomic E-state index is -0.632. The lowest BCUT2D eigenvalue weighted by atomic mass is 9.85. The van der Waals surface area contributed by atoms with E-state index in [2.05, 4.69) is 5.32 Å². The monoisotopic (exact) mass is 387 g/mol. The summed E-state index contributed by atoms with van der Waals surface area (Å²) in [7, 11) is 1.36. The zero-order valence-corrected chi connectivity index (χ0v) is 15.4. The van der Waals surface area contributed by atoms with Crippen LogP contribution in [0.25, 0.3) is 0 Å². The number of benzene rings is 2. The highest BCUT2D eigenvalue weighted by Crippen LogP contribution is 2.34. The molecule has 0 aromatic heterocycles. The molecule has 3 atom stereocenters. The molecule has 0 fully saturated rings. The van der Waals surface area contributed by atoms with Gasteiger partial charge in [0.05, 0.1) is 18.6 Å². The van der Waals surface area contributed by atoms with Crippen LogP contribution in [-0.2, 0) is 9.53 Å². The van der Waals surface area contributed by atoms with Gasteiger partial charge < -0.3 is 10.1 Å². The molecule has 3 unspecified atom stereocenters. The van der Waals surface area contributed by atoms with Crippen LogP contribution in [0, 0.1) is 11.7 Å². The predicted octanol–water partition coefficient (Wildman–Crippen LogP) is 4.11. The largest absolute Gasteiger partial charge is 0.469 e. The van der Waals surface area contributed by atoms with Crippen LogP contribution < -0.4 is 5.32 Å². The predicted molar refractivity (Wildman–Crippen MR) is 101 cm³/mol. The zero-order valence-electron chi connectivity index (χ0n) is 14.7. The van der Waals surface area contributed by atoms with Gasteiger partial charge in [-0.05, 0) is 36.1 Å². The molecule has 0 saturated heterocycles. The first-order valence-electron chi connectivity index (χ1n) is 8.56. The molecule has 6 heteroatoms. The van der Waals surface area contributed by atoms with Crippen molar-refractivity contribution in [3.05, 3.63) is 82.6 Å². The number of methoxy groups -OCH3 is 1. The summed E-state index contributed by atoms with van der Waals surface area (Å²) in [6.45, 7) is 0. The number of esters is 1. The maximum atomic E-state index is 13.9. The Bertz CT molecular complexity index is 869. The standard InChI is InChI=1S/C21H19ClFNO3/c1-27-21(26)19(13-5-3-2-4-6-13)14-7-9-16(11-14)24-20(25)17-12-15(22)8-10-18(17)23/h2-10,12,14,16,19H,11H2,1H3,(H,24,25). The van der Waals surface area contributed by atoms with Crippen molar-refractivity contribution in [3.63, 3.8) is 0 Å². The fourth-order valence-corrected chi connectivity index (χ4v) is 3.52. The molecule has 0 radical (unpaired) electrons. The lowest BCUT2D eigenvalue weighted by molar-refractivity contribution is -0.143. The van der Waals surface area contributed by atoms with E-state index in [4.69, 9.17) is 16.3 Å². The van der Waals surface area contributed by atoms with E-state index in [9.17, 15) is 14.0 Å². The second-order valence-electron chi connectivity index (χ2n) is 6.40. The third-order valence-corrected chi connectivity index (χ3v) is 4.88. The average molecular weight is 388 g/mol. The summed E-state index contributed by atoms with van der Waals surface area (Å²) in [5.74, 6) is -2.10. The summed E-state index contributed by atoms with van der Waals surface area (Å²) >= 11 is 5.85. The van der Waals surface area contributed by atoms with Gasteiger partial charge in [0, 0.05) is 11.1 Å². The third-order valence-electron chi connectivity index (χ3n) is 4.65.